The molecule has 1 aliphatic heterocycles. The second-order valence-electron chi connectivity index (χ2n) is 5.39. The first kappa shape index (κ1) is 15.2. The van der Waals surface area contributed by atoms with Crippen LogP contribution in [0, 0.1) is 13.8 Å². The first-order valence-corrected chi connectivity index (χ1v) is 6.96. The van der Waals surface area contributed by atoms with Crippen LogP contribution in [0.25, 0.3) is 0 Å². The highest BCUT2D eigenvalue weighted by Crippen LogP contribution is 2.22. The number of carbonyl (C=O) groups excluding carboxylic acids is 1. The van der Waals surface area contributed by atoms with Gasteiger partial charge in [0.05, 0.1) is 12.8 Å². The number of aromatic nitrogens is 2. The molecule has 7 nitrogen and oxygen atoms in total. The fraction of sp³-hybridized carbons (Fsp3) is 0.571. The molecule has 1 fully saturated rings. The van der Waals surface area contributed by atoms with Crippen LogP contribution in [0.2, 0.25) is 0 Å². The van der Waals surface area contributed by atoms with Crippen LogP contribution in [0.3, 0.4) is 0 Å². The third kappa shape index (κ3) is 3.48. The third-order valence-corrected chi connectivity index (χ3v) is 3.89. The lowest BCUT2D eigenvalue weighted by molar-refractivity contribution is -0.139. The Kier molecular flexibility index (Phi) is 4.40. The lowest BCUT2D eigenvalue weighted by Crippen LogP contribution is -2.38. The van der Waals surface area contributed by atoms with Gasteiger partial charge in [-0.25, -0.2) is 4.79 Å². The summed E-state index contributed by atoms with van der Waals surface area (Å²) in [4.78, 5) is 42.5. The van der Waals surface area contributed by atoms with Crippen LogP contribution in [0.5, 0.6) is 0 Å². The van der Waals surface area contributed by atoms with Crippen molar-refractivity contribution in [3.05, 3.63) is 27.4 Å². The molecule has 21 heavy (non-hydrogen) atoms. The Morgan fingerprint density at radius 3 is 2.76 bits per heavy atom. The molecular formula is C14H19N3O4. The Bertz CT molecular complexity index is 597. The first-order chi connectivity index (χ1) is 9.88. The number of nitrogens with zero attached hydrogens (tertiary/aromatic N) is 2. The zero-order valence-electron chi connectivity index (χ0n) is 12.2. The highest BCUT2D eigenvalue weighted by Gasteiger charge is 2.30. The molecule has 1 aromatic rings. The molecule has 1 unspecified atom stereocenters. The topological polar surface area (TPSA) is 103 Å². The van der Waals surface area contributed by atoms with E-state index in [1.165, 1.54) is 0 Å². The van der Waals surface area contributed by atoms with E-state index >= 15 is 0 Å². The van der Waals surface area contributed by atoms with Gasteiger partial charge in [0.15, 0.2) is 0 Å². The number of likely N-dealkylation sites (tertiary alicyclic amines) is 1. The van der Waals surface area contributed by atoms with Crippen molar-refractivity contribution in [1.29, 1.82) is 0 Å². The van der Waals surface area contributed by atoms with Gasteiger partial charge in [-0.2, -0.15) is 4.98 Å². The summed E-state index contributed by atoms with van der Waals surface area (Å²) in [6, 6.07) is -0.230. The molecule has 1 saturated heterocycles. The highest BCUT2D eigenvalue weighted by atomic mass is 16.4. The van der Waals surface area contributed by atoms with Gasteiger partial charge in [0.1, 0.15) is 0 Å². The number of hydrogen-bond acceptors (Lipinski definition) is 4. The Morgan fingerprint density at radius 1 is 1.43 bits per heavy atom. The maximum atomic E-state index is 12.4. The van der Waals surface area contributed by atoms with Crippen LogP contribution in [0.4, 0.5) is 0 Å². The molecule has 1 atom stereocenters. The SMILES string of the molecule is Cc1nc(=O)[nH]c(C)c1CC(=O)N1CCCC1CC(=O)O. The van der Waals surface area contributed by atoms with E-state index in [1.807, 2.05) is 0 Å². The molecule has 2 heterocycles. The number of nitrogens with one attached hydrogen (secondary N) is 1. The van der Waals surface area contributed by atoms with E-state index in [1.54, 1.807) is 18.7 Å². The Morgan fingerprint density at radius 2 is 2.14 bits per heavy atom. The molecule has 0 aliphatic carbocycles. The summed E-state index contributed by atoms with van der Waals surface area (Å²) in [6.07, 6.45) is 1.66. The molecule has 1 aliphatic rings. The summed E-state index contributed by atoms with van der Waals surface area (Å²) in [5.74, 6) is -1.00. The zero-order valence-corrected chi connectivity index (χ0v) is 12.2. The molecule has 2 N–H and O–H groups in total. The minimum atomic E-state index is -0.891. The van der Waals surface area contributed by atoms with E-state index in [2.05, 4.69) is 9.97 Å². The van der Waals surface area contributed by atoms with E-state index in [0.717, 1.165) is 12.8 Å². The molecule has 0 radical (unpaired) electrons. The fourth-order valence-electron chi connectivity index (χ4n) is 2.85. The smallest absolute Gasteiger partial charge is 0.345 e. The van der Waals surface area contributed by atoms with E-state index in [0.29, 0.717) is 23.5 Å². The number of carbonyl (C=O) groups is 2. The summed E-state index contributed by atoms with van der Waals surface area (Å²) in [7, 11) is 0. The molecule has 7 heteroatoms. The summed E-state index contributed by atoms with van der Waals surface area (Å²) < 4.78 is 0. The van der Waals surface area contributed by atoms with Crippen molar-refractivity contribution in [1.82, 2.24) is 14.9 Å². The van der Waals surface area contributed by atoms with Crippen molar-refractivity contribution < 1.29 is 14.7 Å². The number of hydrogen-bond donors (Lipinski definition) is 2. The first-order valence-electron chi connectivity index (χ1n) is 6.96. The van der Waals surface area contributed by atoms with Crippen LogP contribution >= 0.6 is 0 Å². The summed E-state index contributed by atoms with van der Waals surface area (Å²) in [5, 5.41) is 8.89. The quantitative estimate of drug-likeness (QED) is 0.836. The van der Waals surface area contributed by atoms with Gasteiger partial charge in [-0.3, -0.25) is 9.59 Å². The van der Waals surface area contributed by atoms with Crippen LogP contribution in [-0.2, 0) is 16.0 Å². The van der Waals surface area contributed by atoms with Gasteiger partial charge in [-0.1, -0.05) is 0 Å². The van der Waals surface area contributed by atoms with Crippen LogP contribution in [0.1, 0.15) is 36.2 Å². The number of rotatable bonds is 4. The second kappa shape index (κ2) is 6.07. The second-order valence-corrected chi connectivity index (χ2v) is 5.39. The molecule has 0 bridgehead atoms. The van der Waals surface area contributed by atoms with Crippen molar-refractivity contribution >= 4 is 11.9 Å². The van der Waals surface area contributed by atoms with Crippen molar-refractivity contribution in [3.8, 4) is 0 Å². The maximum Gasteiger partial charge on any atom is 0.345 e. The highest BCUT2D eigenvalue weighted by molar-refractivity contribution is 5.80. The molecule has 0 spiro atoms. The zero-order chi connectivity index (χ0) is 15.6. The molecular weight excluding hydrogens is 274 g/mol. The average molecular weight is 293 g/mol. The van der Waals surface area contributed by atoms with Crippen molar-refractivity contribution in [2.75, 3.05) is 6.54 Å². The van der Waals surface area contributed by atoms with E-state index in [9.17, 15) is 14.4 Å². The number of amides is 1. The van der Waals surface area contributed by atoms with Crippen molar-refractivity contribution in [2.45, 2.75) is 45.6 Å². The largest absolute Gasteiger partial charge is 0.481 e. The number of carboxylic acids is 1. The Hall–Kier alpha value is -2.18. The standard InChI is InChI=1S/C14H19N3O4/c1-8-11(9(2)16-14(21)15-8)7-12(18)17-5-3-4-10(17)6-13(19)20/h10H,3-7H2,1-2H3,(H,19,20)(H,15,16,21). The average Bonchev–Trinajstić information content (AvgIpc) is 2.80. The Balaban J connectivity index is 2.14. The molecule has 1 aromatic heterocycles. The lowest BCUT2D eigenvalue weighted by atomic mass is 10.1. The number of carboxylic acid groups (broad SMARTS) is 1. The van der Waals surface area contributed by atoms with Crippen LogP contribution in [-0.4, -0.2) is 44.4 Å². The number of H-pyrrole nitrogens is 1. The van der Waals surface area contributed by atoms with Crippen molar-refractivity contribution in [3.63, 3.8) is 0 Å². The van der Waals surface area contributed by atoms with Gasteiger partial charge in [0, 0.05) is 29.5 Å². The van der Waals surface area contributed by atoms with Gasteiger partial charge in [0.2, 0.25) is 5.91 Å². The summed E-state index contributed by atoms with van der Waals surface area (Å²) in [6.45, 7) is 4.02. The molecule has 0 saturated carbocycles. The van der Waals surface area contributed by atoms with Gasteiger partial charge >= 0.3 is 11.7 Å². The predicted octanol–water partition coefficient (Wildman–Crippen LogP) is 0.395. The van der Waals surface area contributed by atoms with Gasteiger partial charge < -0.3 is 15.0 Å². The van der Waals surface area contributed by atoms with Gasteiger partial charge in [0.25, 0.3) is 0 Å². The van der Waals surface area contributed by atoms with E-state index in [-0.39, 0.29) is 24.8 Å². The van der Waals surface area contributed by atoms with Crippen LogP contribution < -0.4 is 5.69 Å². The van der Waals surface area contributed by atoms with Crippen molar-refractivity contribution in [2.24, 2.45) is 0 Å². The lowest BCUT2D eigenvalue weighted by Gasteiger charge is -2.24. The molecule has 1 amide bonds. The Labute approximate surface area is 122 Å². The number of aryl methyl sites for hydroxylation is 2. The molecule has 0 aromatic carbocycles. The minimum absolute atomic E-state index is 0.0203. The van der Waals surface area contributed by atoms with E-state index in [4.69, 9.17) is 5.11 Å². The monoisotopic (exact) mass is 293 g/mol. The van der Waals surface area contributed by atoms with Crippen LogP contribution in [0.15, 0.2) is 4.79 Å². The van der Waals surface area contributed by atoms with E-state index < -0.39 is 11.7 Å². The molecule has 2 rings (SSSR count). The fourth-order valence-corrected chi connectivity index (χ4v) is 2.85. The normalized spacial score (nSPS) is 18.0. The van der Waals surface area contributed by atoms with Gasteiger partial charge in [-0.05, 0) is 26.7 Å². The maximum absolute atomic E-state index is 12.4. The van der Waals surface area contributed by atoms with Gasteiger partial charge in [-0.15, -0.1) is 0 Å². The third-order valence-electron chi connectivity index (χ3n) is 3.89. The molecule has 114 valence electrons. The number of aliphatic carboxylic acids is 1. The minimum Gasteiger partial charge on any atom is -0.481 e. The predicted molar refractivity (Wildman–Crippen MR) is 75.0 cm³/mol. The summed E-state index contributed by atoms with van der Waals surface area (Å²) in [5.41, 5.74) is 1.46. The number of aromatic amines is 1. The summed E-state index contributed by atoms with van der Waals surface area (Å²) >= 11 is 0.